The van der Waals surface area contributed by atoms with E-state index in [1.54, 1.807) is 0 Å². The second-order valence-corrected chi connectivity index (χ2v) is 4.48. The number of carbonyl (C=O) groups is 1. The summed E-state index contributed by atoms with van der Waals surface area (Å²) in [5, 5.41) is 0. The van der Waals surface area contributed by atoms with E-state index < -0.39 is 0 Å². The van der Waals surface area contributed by atoms with Crippen LogP contribution in [0.25, 0.3) is 11.1 Å². The lowest BCUT2D eigenvalue weighted by molar-refractivity contribution is 0.0597. The van der Waals surface area contributed by atoms with Crippen LogP contribution in [0.3, 0.4) is 0 Å². The highest BCUT2D eigenvalue weighted by molar-refractivity contribution is 5.99. The lowest BCUT2D eigenvalue weighted by atomic mass is 9.93. The molecule has 0 aliphatic carbocycles. The molecular weight excluding hydrogens is 240 g/mol. The summed E-state index contributed by atoms with van der Waals surface area (Å²) in [6, 6.07) is 13.8. The molecule has 3 rings (SSSR count). The van der Waals surface area contributed by atoms with Gasteiger partial charge in [-0.1, -0.05) is 42.5 Å². The Kier molecular flexibility index (Phi) is 3.05. The number of esters is 1. The maximum atomic E-state index is 12.1. The third-order valence-corrected chi connectivity index (χ3v) is 3.39. The number of ether oxygens (including phenoxy) is 2. The molecule has 0 saturated heterocycles. The largest absolute Gasteiger partial charge is 0.465 e. The van der Waals surface area contributed by atoms with Gasteiger partial charge in [0, 0.05) is 0 Å². The topological polar surface area (TPSA) is 35.5 Å². The van der Waals surface area contributed by atoms with Crippen LogP contribution in [-0.4, -0.2) is 13.1 Å². The van der Waals surface area contributed by atoms with Crippen LogP contribution in [0.4, 0.5) is 0 Å². The van der Waals surface area contributed by atoms with Crippen molar-refractivity contribution in [2.24, 2.45) is 0 Å². The molecule has 0 radical (unpaired) electrons. The molecule has 0 aromatic heterocycles. The van der Waals surface area contributed by atoms with E-state index in [-0.39, 0.29) is 5.97 Å². The van der Waals surface area contributed by atoms with Crippen LogP contribution >= 0.6 is 0 Å². The number of hydrogen-bond acceptors (Lipinski definition) is 3. The number of methoxy groups -OCH3 is 1. The third-order valence-electron chi connectivity index (χ3n) is 3.39. The second kappa shape index (κ2) is 4.86. The second-order valence-electron chi connectivity index (χ2n) is 4.48. The minimum absolute atomic E-state index is 0.304. The van der Waals surface area contributed by atoms with Gasteiger partial charge in [-0.15, -0.1) is 0 Å². The van der Waals surface area contributed by atoms with Crippen LogP contribution in [0.5, 0.6) is 0 Å². The summed E-state index contributed by atoms with van der Waals surface area (Å²) >= 11 is 0. The Balaban J connectivity index is 2.23. The number of carbonyl (C=O) groups excluding carboxylic acids is 1. The Labute approximate surface area is 111 Å². The van der Waals surface area contributed by atoms with Crippen LogP contribution in [0.15, 0.2) is 42.5 Å². The van der Waals surface area contributed by atoms with Crippen LogP contribution in [-0.2, 0) is 22.7 Å². The standard InChI is InChI=1S/C16H14O3/c1-18-16(17)15-13(11-5-3-2-4-6-11)8-7-12-9-19-10-14(12)15/h2-8H,9-10H2,1H3. The smallest absolute Gasteiger partial charge is 0.338 e. The summed E-state index contributed by atoms with van der Waals surface area (Å²) in [5.41, 5.74) is 4.56. The highest BCUT2D eigenvalue weighted by atomic mass is 16.5. The average Bonchev–Trinajstić information content (AvgIpc) is 2.94. The molecule has 0 amide bonds. The van der Waals surface area contributed by atoms with Gasteiger partial charge in [0.05, 0.1) is 25.9 Å². The van der Waals surface area contributed by atoms with Crippen molar-refractivity contribution in [1.82, 2.24) is 0 Å². The van der Waals surface area contributed by atoms with E-state index in [2.05, 4.69) is 0 Å². The van der Waals surface area contributed by atoms with E-state index in [4.69, 9.17) is 9.47 Å². The van der Waals surface area contributed by atoms with Crippen molar-refractivity contribution in [3.8, 4) is 11.1 Å². The molecule has 0 saturated carbocycles. The molecule has 0 fully saturated rings. The highest BCUT2D eigenvalue weighted by Crippen LogP contribution is 2.32. The van der Waals surface area contributed by atoms with Gasteiger partial charge < -0.3 is 9.47 Å². The molecule has 2 aromatic carbocycles. The summed E-state index contributed by atoms with van der Waals surface area (Å²) in [6.45, 7) is 1.04. The summed E-state index contributed by atoms with van der Waals surface area (Å²) in [6.07, 6.45) is 0. The van der Waals surface area contributed by atoms with Crippen molar-refractivity contribution < 1.29 is 14.3 Å². The van der Waals surface area contributed by atoms with Gasteiger partial charge in [-0.2, -0.15) is 0 Å². The first-order chi connectivity index (χ1) is 9.31. The summed E-state index contributed by atoms with van der Waals surface area (Å²) < 4.78 is 10.4. The van der Waals surface area contributed by atoms with Crippen LogP contribution in [0, 0.1) is 0 Å². The molecule has 1 aliphatic heterocycles. The van der Waals surface area contributed by atoms with Crippen LogP contribution in [0.2, 0.25) is 0 Å². The van der Waals surface area contributed by atoms with Crippen molar-refractivity contribution >= 4 is 5.97 Å². The molecule has 3 nitrogen and oxygen atoms in total. The quantitative estimate of drug-likeness (QED) is 0.772. The van der Waals surface area contributed by atoms with Gasteiger partial charge >= 0.3 is 5.97 Å². The molecule has 96 valence electrons. The van der Waals surface area contributed by atoms with E-state index in [1.807, 2.05) is 42.5 Å². The van der Waals surface area contributed by atoms with E-state index in [9.17, 15) is 4.79 Å². The van der Waals surface area contributed by atoms with Gasteiger partial charge in [0.2, 0.25) is 0 Å². The first-order valence-electron chi connectivity index (χ1n) is 6.17. The Morgan fingerprint density at radius 2 is 1.89 bits per heavy atom. The third kappa shape index (κ3) is 2.02. The first kappa shape index (κ1) is 11.9. The van der Waals surface area contributed by atoms with Crippen LogP contribution in [0.1, 0.15) is 21.5 Å². The van der Waals surface area contributed by atoms with Gasteiger partial charge in [-0.25, -0.2) is 4.79 Å². The lowest BCUT2D eigenvalue weighted by Crippen LogP contribution is -2.08. The molecule has 2 aromatic rings. The SMILES string of the molecule is COC(=O)c1c(-c2ccccc2)ccc2c1COC2. The molecular formula is C16H14O3. The Hall–Kier alpha value is -2.13. The minimum Gasteiger partial charge on any atom is -0.465 e. The predicted octanol–water partition coefficient (Wildman–Crippen LogP) is 3.17. The molecule has 19 heavy (non-hydrogen) atoms. The average molecular weight is 254 g/mol. The predicted molar refractivity (Wildman–Crippen MR) is 71.7 cm³/mol. The first-order valence-corrected chi connectivity index (χ1v) is 6.17. The maximum absolute atomic E-state index is 12.1. The van der Waals surface area contributed by atoms with Crippen LogP contribution < -0.4 is 0 Å². The lowest BCUT2D eigenvalue weighted by Gasteiger charge is -2.12. The molecule has 1 aliphatic rings. The number of benzene rings is 2. The van der Waals surface area contributed by atoms with Gasteiger partial charge in [0.25, 0.3) is 0 Å². The number of fused-ring (bicyclic) bond motifs is 1. The zero-order valence-corrected chi connectivity index (χ0v) is 10.7. The Bertz CT molecular complexity index is 617. The normalized spacial score (nSPS) is 13.1. The summed E-state index contributed by atoms with van der Waals surface area (Å²) in [5.74, 6) is -0.304. The number of rotatable bonds is 2. The van der Waals surface area contributed by atoms with Crippen molar-refractivity contribution in [3.63, 3.8) is 0 Å². The molecule has 0 atom stereocenters. The van der Waals surface area contributed by atoms with E-state index in [0.29, 0.717) is 18.8 Å². The van der Waals surface area contributed by atoms with E-state index in [0.717, 1.165) is 22.3 Å². The molecule has 1 heterocycles. The fourth-order valence-corrected chi connectivity index (χ4v) is 2.45. The minimum atomic E-state index is -0.304. The molecule has 0 N–H and O–H groups in total. The monoisotopic (exact) mass is 254 g/mol. The van der Waals surface area contributed by atoms with Crippen molar-refractivity contribution in [2.75, 3.05) is 7.11 Å². The fourth-order valence-electron chi connectivity index (χ4n) is 2.45. The molecule has 0 unspecified atom stereocenters. The molecule has 0 spiro atoms. The van der Waals surface area contributed by atoms with Crippen molar-refractivity contribution in [3.05, 3.63) is 59.2 Å². The summed E-state index contributed by atoms with van der Waals surface area (Å²) in [7, 11) is 1.41. The zero-order valence-electron chi connectivity index (χ0n) is 10.7. The van der Waals surface area contributed by atoms with Crippen molar-refractivity contribution in [1.29, 1.82) is 0 Å². The van der Waals surface area contributed by atoms with Gasteiger partial charge in [0.15, 0.2) is 0 Å². The number of hydrogen-bond donors (Lipinski definition) is 0. The van der Waals surface area contributed by atoms with Gasteiger partial charge in [-0.05, 0) is 22.3 Å². The van der Waals surface area contributed by atoms with Gasteiger partial charge in [-0.3, -0.25) is 0 Å². The fraction of sp³-hybridized carbons (Fsp3) is 0.188. The highest BCUT2D eigenvalue weighted by Gasteiger charge is 2.24. The maximum Gasteiger partial charge on any atom is 0.338 e. The van der Waals surface area contributed by atoms with E-state index >= 15 is 0 Å². The Morgan fingerprint density at radius 3 is 2.63 bits per heavy atom. The molecule has 3 heteroatoms. The molecule has 0 bridgehead atoms. The van der Waals surface area contributed by atoms with Gasteiger partial charge in [0.1, 0.15) is 0 Å². The Morgan fingerprint density at radius 1 is 1.11 bits per heavy atom. The zero-order chi connectivity index (χ0) is 13.2. The van der Waals surface area contributed by atoms with Crippen molar-refractivity contribution in [2.45, 2.75) is 13.2 Å². The summed E-state index contributed by atoms with van der Waals surface area (Å²) in [4.78, 5) is 12.1. The van der Waals surface area contributed by atoms with E-state index in [1.165, 1.54) is 7.11 Å².